The number of aromatic nitrogens is 2. The highest BCUT2D eigenvalue weighted by molar-refractivity contribution is 5.92. The third-order valence-corrected chi connectivity index (χ3v) is 5.71. The molecule has 0 spiro atoms. The van der Waals surface area contributed by atoms with Gasteiger partial charge in [-0.2, -0.15) is 5.10 Å². The van der Waals surface area contributed by atoms with Crippen LogP contribution in [0.2, 0.25) is 0 Å². The first kappa shape index (κ1) is 22.0. The van der Waals surface area contributed by atoms with E-state index in [1.54, 1.807) is 4.68 Å². The summed E-state index contributed by atoms with van der Waals surface area (Å²) in [4.78, 5) is 14.3. The molecule has 1 saturated heterocycles. The molecule has 3 aromatic rings. The lowest BCUT2D eigenvalue weighted by molar-refractivity contribution is 0.0317. The maximum Gasteiger partial charge on any atom is 0.343 e. The first-order chi connectivity index (χ1) is 15.6. The lowest BCUT2D eigenvalue weighted by atomic mass is 10.0. The fourth-order valence-electron chi connectivity index (χ4n) is 3.85. The molecule has 2 aromatic carbocycles. The van der Waals surface area contributed by atoms with Gasteiger partial charge in [-0.15, -0.1) is 0 Å². The van der Waals surface area contributed by atoms with Crippen LogP contribution in [0.4, 0.5) is 0 Å². The van der Waals surface area contributed by atoms with E-state index >= 15 is 0 Å². The van der Waals surface area contributed by atoms with Crippen molar-refractivity contribution in [3.05, 3.63) is 65.4 Å². The van der Waals surface area contributed by atoms with Crippen LogP contribution in [0.1, 0.15) is 28.5 Å². The number of carboxylic acids is 1. The molecule has 7 nitrogen and oxygen atoms in total. The van der Waals surface area contributed by atoms with Crippen molar-refractivity contribution in [3.8, 4) is 22.7 Å². The van der Waals surface area contributed by atoms with Crippen LogP contribution in [0.5, 0.6) is 5.88 Å². The SMILES string of the molecule is CCc1nn(-c2ccc(-c3ccc(C)cc3)cc2)c(OCCN2CCOCC2)c1C(=O)O. The topological polar surface area (TPSA) is 76.8 Å². The molecule has 1 aromatic heterocycles. The summed E-state index contributed by atoms with van der Waals surface area (Å²) >= 11 is 0. The Bertz CT molecular complexity index is 1050. The van der Waals surface area contributed by atoms with Gasteiger partial charge in [-0.05, 0) is 36.6 Å². The van der Waals surface area contributed by atoms with Gasteiger partial charge in [0.1, 0.15) is 12.2 Å². The Morgan fingerprint density at radius 1 is 1.06 bits per heavy atom. The third-order valence-electron chi connectivity index (χ3n) is 5.71. The summed E-state index contributed by atoms with van der Waals surface area (Å²) in [6, 6.07) is 16.3. The largest absolute Gasteiger partial charge is 0.477 e. The second kappa shape index (κ2) is 9.97. The molecular formula is C25H29N3O4. The van der Waals surface area contributed by atoms with Gasteiger partial charge in [-0.3, -0.25) is 4.90 Å². The van der Waals surface area contributed by atoms with E-state index in [0.717, 1.165) is 29.9 Å². The predicted molar refractivity (Wildman–Crippen MR) is 123 cm³/mol. The van der Waals surface area contributed by atoms with Gasteiger partial charge in [-0.25, -0.2) is 9.48 Å². The maximum atomic E-state index is 12.0. The van der Waals surface area contributed by atoms with E-state index in [9.17, 15) is 9.90 Å². The molecule has 32 heavy (non-hydrogen) atoms. The van der Waals surface area contributed by atoms with Gasteiger partial charge < -0.3 is 14.6 Å². The van der Waals surface area contributed by atoms with Crippen LogP contribution in [0, 0.1) is 6.92 Å². The van der Waals surface area contributed by atoms with E-state index < -0.39 is 5.97 Å². The minimum absolute atomic E-state index is 0.136. The standard InChI is InChI=1S/C25H29N3O4/c1-3-22-23(25(29)30)24(32-17-14-27-12-15-31-16-13-27)28(26-22)21-10-8-20(9-11-21)19-6-4-18(2)5-7-19/h4-11H,3,12-17H2,1-2H3,(H,29,30). The molecular weight excluding hydrogens is 406 g/mol. The Kier molecular flexibility index (Phi) is 6.87. The minimum atomic E-state index is -1.02. The summed E-state index contributed by atoms with van der Waals surface area (Å²) in [7, 11) is 0. The van der Waals surface area contributed by atoms with Crippen LogP contribution in [0.25, 0.3) is 16.8 Å². The van der Waals surface area contributed by atoms with Crippen LogP contribution in [-0.4, -0.2) is 65.2 Å². The molecule has 1 N–H and O–H groups in total. The van der Waals surface area contributed by atoms with Gasteiger partial charge in [0.2, 0.25) is 5.88 Å². The van der Waals surface area contributed by atoms with Crippen LogP contribution in [0.15, 0.2) is 48.5 Å². The molecule has 168 valence electrons. The zero-order chi connectivity index (χ0) is 22.5. The quantitative estimate of drug-likeness (QED) is 0.580. The predicted octanol–water partition coefficient (Wildman–Crippen LogP) is 3.82. The Morgan fingerprint density at radius 2 is 1.69 bits per heavy atom. The highest BCUT2D eigenvalue weighted by atomic mass is 16.5. The first-order valence-corrected chi connectivity index (χ1v) is 11.0. The molecule has 0 unspecified atom stereocenters. The minimum Gasteiger partial charge on any atom is -0.477 e. The zero-order valence-corrected chi connectivity index (χ0v) is 18.6. The summed E-state index contributed by atoms with van der Waals surface area (Å²) in [6.45, 7) is 8.20. The van der Waals surface area contributed by atoms with Crippen molar-refractivity contribution in [3.63, 3.8) is 0 Å². The van der Waals surface area contributed by atoms with Crippen LogP contribution in [-0.2, 0) is 11.2 Å². The van der Waals surface area contributed by atoms with Crippen molar-refractivity contribution in [2.24, 2.45) is 0 Å². The van der Waals surface area contributed by atoms with E-state index in [0.29, 0.717) is 38.5 Å². The number of hydrogen-bond acceptors (Lipinski definition) is 5. The van der Waals surface area contributed by atoms with Gasteiger partial charge >= 0.3 is 5.97 Å². The van der Waals surface area contributed by atoms with Gasteiger partial charge in [0.05, 0.1) is 24.6 Å². The van der Waals surface area contributed by atoms with Gasteiger partial charge in [0.25, 0.3) is 0 Å². The average molecular weight is 436 g/mol. The lowest BCUT2D eigenvalue weighted by Crippen LogP contribution is -2.38. The molecule has 0 bridgehead atoms. The fraction of sp³-hybridized carbons (Fsp3) is 0.360. The first-order valence-electron chi connectivity index (χ1n) is 11.0. The summed E-state index contributed by atoms with van der Waals surface area (Å²) in [5.74, 6) is -0.739. The molecule has 1 fully saturated rings. The number of ether oxygens (including phenoxy) is 2. The lowest BCUT2D eigenvalue weighted by Gasteiger charge is -2.26. The van der Waals surface area contributed by atoms with Crippen LogP contribution < -0.4 is 4.74 Å². The van der Waals surface area contributed by atoms with Crippen molar-refractivity contribution in [2.75, 3.05) is 39.5 Å². The second-order valence-corrected chi connectivity index (χ2v) is 7.91. The number of carboxylic acid groups (broad SMARTS) is 1. The van der Waals surface area contributed by atoms with Crippen molar-refractivity contribution in [1.82, 2.24) is 14.7 Å². The molecule has 0 amide bonds. The number of hydrogen-bond donors (Lipinski definition) is 1. The van der Waals surface area contributed by atoms with Crippen molar-refractivity contribution >= 4 is 5.97 Å². The molecule has 0 aliphatic carbocycles. The van der Waals surface area contributed by atoms with Gasteiger partial charge in [0.15, 0.2) is 0 Å². The van der Waals surface area contributed by atoms with Crippen LogP contribution >= 0.6 is 0 Å². The van der Waals surface area contributed by atoms with E-state index in [1.807, 2.05) is 31.2 Å². The molecule has 0 radical (unpaired) electrons. The molecule has 2 heterocycles. The number of carbonyl (C=O) groups is 1. The highest BCUT2D eigenvalue weighted by Gasteiger charge is 2.25. The maximum absolute atomic E-state index is 12.0. The third kappa shape index (κ3) is 4.84. The number of morpholine rings is 1. The second-order valence-electron chi connectivity index (χ2n) is 7.91. The van der Waals surface area contributed by atoms with Crippen molar-refractivity contribution in [2.45, 2.75) is 20.3 Å². The molecule has 1 aliphatic heterocycles. The smallest absolute Gasteiger partial charge is 0.343 e. The highest BCUT2D eigenvalue weighted by Crippen LogP contribution is 2.29. The monoisotopic (exact) mass is 435 g/mol. The summed E-state index contributed by atoms with van der Waals surface area (Å²) in [5.41, 5.74) is 4.85. The summed E-state index contributed by atoms with van der Waals surface area (Å²) in [6.07, 6.45) is 0.510. The number of aromatic carboxylic acids is 1. The Labute approximate surface area is 188 Å². The Balaban J connectivity index is 1.60. The number of nitrogens with zero attached hydrogens (tertiary/aromatic N) is 3. The normalized spacial score (nSPS) is 14.4. The van der Waals surface area contributed by atoms with Crippen molar-refractivity contribution < 1.29 is 19.4 Å². The van der Waals surface area contributed by atoms with E-state index in [-0.39, 0.29) is 11.4 Å². The Morgan fingerprint density at radius 3 is 2.28 bits per heavy atom. The fourth-order valence-corrected chi connectivity index (χ4v) is 3.85. The van der Waals surface area contributed by atoms with E-state index in [1.165, 1.54) is 5.56 Å². The van der Waals surface area contributed by atoms with Gasteiger partial charge in [-0.1, -0.05) is 48.9 Å². The average Bonchev–Trinajstić information content (AvgIpc) is 3.19. The molecule has 7 heteroatoms. The molecule has 4 rings (SSSR count). The molecule has 0 saturated carbocycles. The zero-order valence-electron chi connectivity index (χ0n) is 18.6. The molecule has 1 aliphatic rings. The van der Waals surface area contributed by atoms with E-state index in [2.05, 4.69) is 41.2 Å². The number of benzene rings is 2. The van der Waals surface area contributed by atoms with Crippen LogP contribution in [0.3, 0.4) is 0 Å². The van der Waals surface area contributed by atoms with Gasteiger partial charge in [0, 0.05) is 19.6 Å². The number of rotatable bonds is 8. The summed E-state index contributed by atoms with van der Waals surface area (Å²) in [5, 5.41) is 14.4. The van der Waals surface area contributed by atoms with E-state index in [4.69, 9.17) is 9.47 Å². The van der Waals surface area contributed by atoms with Crippen molar-refractivity contribution in [1.29, 1.82) is 0 Å². The Hall–Kier alpha value is -3.16. The summed E-state index contributed by atoms with van der Waals surface area (Å²) < 4.78 is 13.0. The number of aryl methyl sites for hydroxylation is 2. The molecule has 0 atom stereocenters.